The fourth-order valence-corrected chi connectivity index (χ4v) is 2.11. The third kappa shape index (κ3) is 1.57. The molecule has 16 heavy (non-hydrogen) atoms. The number of aromatic nitrogens is 2. The molecule has 0 aliphatic heterocycles. The molecule has 0 saturated carbocycles. The van der Waals surface area contributed by atoms with Crippen LogP contribution in [0.4, 0.5) is 0 Å². The van der Waals surface area contributed by atoms with E-state index in [0.29, 0.717) is 0 Å². The van der Waals surface area contributed by atoms with Crippen molar-refractivity contribution >= 4 is 38.0 Å². The Labute approximate surface area is 101 Å². The van der Waals surface area contributed by atoms with Gasteiger partial charge in [-0.3, -0.25) is 0 Å². The summed E-state index contributed by atoms with van der Waals surface area (Å²) in [5.41, 5.74) is 4.95. The first kappa shape index (κ1) is 9.73. The largest absolute Gasteiger partial charge is 0.244 e. The van der Waals surface area contributed by atoms with E-state index in [9.17, 15) is 0 Å². The van der Waals surface area contributed by atoms with E-state index in [0.717, 1.165) is 26.5 Å². The second kappa shape index (κ2) is 3.52. The van der Waals surface area contributed by atoms with Gasteiger partial charge in [0.15, 0.2) is 0 Å². The van der Waals surface area contributed by atoms with Crippen molar-refractivity contribution in [3.63, 3.8) is 0 Å². The third-order valence-electron chi connectivity index (χ3n) is 2.55. The Morgan fingerprint density at radius 2 is 1.44 bits per heavy atom. The summed E-state index contributed by atoms with van der Waals surface area (Å²) in [5.74, 6) is 0. The predicted octanol–water partition coefficient (Wildman–Crippen LogP) is 3.85. The molecule has 2 nitrogen and oxygen atoms in total. The Hall–Kier alpha value is -1.48. The van der Waals surface area contributed by atoms with Crippen LogP contribution >= 0.6 is 15.9 Å². The van der Waals surface area contributed by atoms with Crippen LogP contribution < -0.4 is 0 Å². The van der Waals surface area contributed by atoms with Crippen LogP contribution in [-0.2, 0) is 0 Å². The molecule has 0 bridgehead atoms. The topological polar surface area (TPSA) is 25.8 Å². The van der Waals surface area contributed by atoms with E-state index >= 15 is 0 Å². The van der Waals surface area contributed by atoms with Gasteiger partial charge in [0, 0.05) is 4.47 Å². The zero-order valence-electron chi connectivity index (χ0n) is 8.74. The van der Waals surface area contributed by atoms with E-state index < -0.39 is 0 Å². The van der Waals surface area contributed by atoms with Crippen LogP contribution in [0, 0.1) is 6.92 Å². The molecule has 0 amide bonds. The monoisotopic (exact) mass is 272 g/mol. The number of fused-ring (bicyclic) bond motifs is 2. The van der Waals surface area contributed by atoms with E-state index in [4.69, 9.17) is 0 Å². The Morgan fingerprint density at radius 3 is 2.19 bits per heavy atom. The van der Waals surface area contributed by atoms with Crippen LogP contribution in [0.3, 0.4) is 0 Å². The van der Waals surface area contributed by atoms with Crippen molar-refractivity contribution in [2.45, 2.75) is 6.92 Å². The second-order valence-electron chi connectivity index (χ2n) is 3.85. The van der Waals surface area contributed by atoms with Gasteiger partial charge in [-0.15, -0.1) is 0 Å². The Kier molecular flexibility index (Phi) is 2.14. The predicted molar refractivity (Wildman–Crippen MR) is 69.5 cm³/mol. The van der Waals surface area contributed by atoms with E-state index in [1.165, 1.54) is 5.56 Å². The average Bonchev–Trinajstić information content (AvgIpc) is 2.26. The van der Waals surface area contributed by atoms with E-state index in [1.54, 1.807) is 0 Å². The molecule has 2 aromatic carbocycles. The third-order valence-corrected chi connectivity index (χ3v) is 3.04. The lowest BCUT2D eigenvalue weighted by Gasteiger charge is -2.02. The second-order valence-corrected chi connectivity index (χ2v) is 4.76. The first-order valence-corrected chi connectivity index (χ1v) is 5.85. The van der Waals surface area contributed by atoms with Gasteiger partial charge in [-0.05, 0) is 42.8 Å². The van der Waals surface area contributed by atoms with Crippen LogP contribution in [0.1, 0.15) is 5.56 Å². The van der Waals surface area contributed by atoms with Gasteiger partial charge in [-0.1, -0.05) is 22.0 Å². The lowest BCUT2D eigenvalue weighted by Crippen LogP contribution is -1.87. The highest BCUT2D eigenvalue weighted by molar-refractivity contribution is 9.10. The zero-order valence-corrected chi connectivity index (χ0v) is 10.3. The van der Waals surface area contributed by atoms with E-state index in [2.05, 4.69) is 45.0 Å². The van der Waals surface area contributed by atoms with Gasteiger partial charge in [0.1, 0.15) is 0 Å². The maximum Gasteiger partial charge on any atom is 0.0905 e. The smallest absolute Gasteiger partial charge is 0.0905 e. The van der Waals surface area contributed by atoms with Gasteiger partial charge in [-0.2, -0.15) is 0 Å². The highest BCUT2D eigenvalue weighted by atomic mass is 79.9. The number of hydrogen-bond donors (Lipinski definition) is 0. The van der Waals surface area contributed by atoms with Crippen molar-refractivity contribution < 1.29 is 0 Å². The van der Waals surface area contributed by atoms with Gasteiger partial charge in [-0.25, -0.2) is 9.97 Å². The fraction of sp³-hybridized carbons (Fsp3) is 0.0769. The number of halogens is 1. The van der Waals surface area contributed by atoms with Crippen LogP contribution in [0.5, 0.6) is 0 Å². The fourth-order valence-electron chi connectivity index (χ4n) is 1.76. The Bertz CT molecular complexity index is 630. The first-order chi connectivity index (χ1) is 7.72. The Morgan fingerprint density at radius 1 is 0.812 bits per heavy atom. The lowest BCUT2D eigenvalue weighted by atomic mass is 10.2. The van der Waals surface area contributed by atoms with Crippen LogP contribution in [0.2, 0.25) is 0 Å². The summed E-state index contributed by atoms with van der Waals surface area (Å²) >= 11 is 3.44. The molecule has 0 saturated heterocycles. The lowest BCUT2D eigenvalue weighted by molar-refractivity contribution is 1.37. The summed E-state index contributed by atoms with van der Waals surface area (Å²) in [6.45, 7) is 2.06. The van der Waals surface area contributed by atoms with E-state index in [-0.39, 0.29) is 0 Å². The molecule has 0 N–H and O–H groups in total. The zero-order chi connectivity index (χ0) is 11.1. The summed E-state index contributed by atoms with van der Waals surface area (Å²) < 4.78 is 1.03. The summed E-state index contributed by atoms with van der Waals surface area (Å²) in [6.07, 6.45) is 0. The van der Waals surface area contributed by atoms with Gasteiger partial charge in [0.05, 0.1) is 22.1 Å². The molecule has 3 rings (SSSR count). The van der Waals surface area contributed by atoms with Gasteiger partial charge < -0.3 is 0 Å². The number of rotatable bonds is 0. The van der Waals surface area contributed by atoms with Crippen molar-refractivity contribution in [2.75, 3.05) is 0 Å². The molecule has 0 radical (unpaired) electrons. The highest BCUT2D eigenvalue weighted by Gasteiger charge is 2.01. The number of aryl methyl sites for hydroxylation is 1. The van der Waals surface area contributed by atoms with Gasteiger partial charge in [0.2, 0.25) is 0 Å². The molecule has 0 spiro atoms. The summed E-state index contributed by atoms with van der Waals surface area (Å²) in [7, 11) is 0. The molecular weight excluding hydrogens is 264 g/mol. The highest BCUT2D eigenvalue weighted by Crippen LogP contribution is 2.20. The summed E-state index contributed by atoms with van der Waals surface area (Å²) in [6, 6.07) is 12.1. The summed E-state index contributed by atoms with van der Waals surface area (Å²) in [4.78, 5) is 9.18. The molecule has 0 aliphatic carbocycles. The minimum Gasteiger partial charge on any atom is -0.244 e. The maximum absolute atomic E-state index is 4.60. The molecule has 3 aromatic rings. The van der Waals surface area contributed by atoms with Crippen LogP contribution in [0.15, 0.2) is 40.9 Å². The molecular formula is C13H9BrN2. The van der Waals surface area contributed by atoms with Crippen molar-refractivity contribution in [1.29, 1.82) is 0 Å². The molecule has 1 heterocycles. The molecule has 0 fully saturated rings. The van der Waals surface area contributed by atoms with Crippen molar-refractivity contribution in [3.05, 3.63) is 46.4 Å². The van der Waals surface area contributed by atoms with Crippen LogP contribution in [0.25, 0.3) is 22.1 Å². The van der Waals surface area contributed by atoms with Gasteiger partial charge >= 0.3 is 0 Å². The van der Waals surface area contributed by atoms with Crippen molar-refractivity contribution in [1.82, 2.24) is 9.97 Å². The first-order valence-electron chi connectivity index (χ1n) is 5.06. The molecule has 0 aliphatic rings. The Balaban J connectivity index is 2.44. The summed E-state index contributed by atoms with van der Waals surface area (Å²) in [5, 5.41) is 0. The normalized spacial score (nSPS) is 11.1. The molecule has 1 aromatic heterocycles. The molecule has 3 heteroatoms. The quantitative estimate of drug-likeness (QED) is 0.581. The standard InChI is InChI=1S/C13H9BrN2/c1-8-2-4-10-12(6-8)15-11-5-3-9(14)7-13(11)16-10/h2-7H,1H3. The van der Waals surface area contributed by atoms with Crippen LogP contribution in [-0.4, -0.2) is 9.97 Å². The minimum absolute atomic E-state index is 0.922. The number of benzene rings is 2. The molecule has 0 unspecified atom stereocenters. The molecule has 78 valence electrons. The average molecular weight is 273 g/mol. The minimum atomic E-state index is 0.922. The van der Waals surface area contributed by atoms with Crippen molar-refractivity contribution in [3.8, 4) is 0 Å². The van der Waals surface area contributed by atoms with E-state index in [1.807, 2.05) is 24.3 Å². The van der Waals surface area contributed by atoms with Crippen molar-refractivity contribution in [2.24, 2.45) is 0 Å². The SMILES string of the molecule is Cc1ccc2nc3cc(Br)ccc3nc2c1. The maximum atomic E-state index is 4.60. The van der Waals surface area contributed by atoms with Gasteiger partial charge in [0.25, 0.3) is 0 Å². The number of hydrogen-bond acceptors (Lipinski definition) is 2. The molecule has 0 atom stereocenters. The number of nitrogens with zero attached hydrogens (tertiary/aromatic N) is 2.